The number of hydrogen-bond acceptors (Lipinski definition) is 5. The molecule has 0 spiro atoms. The minimum atomic E-state index is -0.308. The molecule has 0 atom stereocenters. The number of carbonyl (C=O) groups is 1. The molecule has 0 aliphatic heterocycles. The summed E-state index contributed by atoms with van der Waals surface area (Å²) in [5, 5.41) is 13.3. The third-order valence-corrected chi connectivity index (χ3v) is 6.51. The van der Waals surface area contributed by atoms with Gasteiger partial charge in [0.1, 0.15) is 11.6 Å². The Bertz CT molecular complexity index is 1310. The van der Waals surface area contributed by atoms with Gasteiger partial charge in [-0.2, -0.15) is 0 Å². The minimum Gasteiger partial charge on any atom is -0.484 e. The Kier molecular flexibility index (Phi) is 8.28. The minimum absolute atomic E-state index is 0.138. The van der Waals surface area contributed by atoms with Crippen molar-refractivity contribution in [1.82, 2.24) is 20.1 Å². The van der Waals surface area contributed by atoms with E-state index in [9.17, 15) is 9.18 Å². The normalized spacial score (nSPS) is 10.9. The van der Waals surface area contributed by atoms with Gasteiger partial charge in [-0.1, -0.05) is 53.2 Å². The molecule has 0 saturated heterocycles. The molecule has 35 heavy (non-hydrogen) atoms. The fraction of sp³-hybridized carbons (Fsp3) is 0.160. The quantitative estimate of drug-likeness (QED) is 0.268. The predicted molar refractivity (Wildman–Crippen MR) is 136 cm³/mol. The summed E-state index contributed by atoms with van der Waals surface area (Å²) < 4.78 is 20.6. The Hall–Kier alpha value is -3.07. The summed E-state index contributed by atoms with van der Waals surface area (Å²) >= 11 is 13.6. The molecule has 0 radical (unpaired) electrons. The van der Waals surface area contributed by atoms with Crippen molar-refractivity contribution in [2.75, 3.05) is 6.61 Å². The number of aromatic nitrogens is 3. The second kappa shape index (κ2) is 11.6. The smallest absolute Gasteiger partial charge is 0.258 e. The van der Waals surface area contributed by atoms with Gasteiger partial charge in [0, 0.05) is 15.8 Å². The van der Waals surface area contributed by atoms with E-state index in [0.29, 0.717) is 32.5 Å². The number of hydrogen-bond donors (Lipinski definition) is 1. The van der Waals surface area contributed by atoms with E-state index in [2.05, 4.69) is 15.5 Å². The molecule has 1 aromatic heterocycles. The van der Waals surface area contributed by atoms with Crippen LogP contribution in [0.1, 0.15) is 17.0 Å². The van der Waals surface area contributed by atoms with Crippen LogP contribution in [0.3, 0.4) is 0 Å². The van der Waals surface area contributed by atoms with Gasteiger partial charge in [-0.25, -0.2) is 4.39 Å². The molecular formula is C25H21Cl2FN4O2S. The number of nitrogens with zero attached hydrogens (tertiary/aromatic N) is 3. The van der Waals surface area contributed by atoms with Crippen molar-refractivity contribution in [3.63, 3.8) is 0 Å². The first-order valence-corrected chi connectivity index (χ1v) is 12.4. The van der Waals surface area contributed by atoms with Crippen LogP contribution in [0.2, 0.25) is 10.0 Å². The van der Waals surface area contributed by atoms with Crippen molar-refractivity contribution < 1.29 is 13.9 Å². The topological polar surface area (TPSA) is 69.0 Å². The molecule has 6 nitrogen and oxygen atoms in total. The highest BCUT2D eigenvalue weighted by molar-refractivity contribution is 7.98. The summed E-state index contributed by atoms with van der Waals surface area (Å²) in [5.74, 6) is 1.06. The molecule has 0 unspecified atom stereocenters. The van der Waals surface area contributed by atoms with Crippen LogP contribution in [0.25, 0.3) is 5.69 Å². The fourth-order valence-corrected chi connectivity index (χ4v) is 4.42. The molecule has 0 aliphatic rings. The SMILES string of the molecule is Cc1ccc(Cl)cc1-n1c(CNC(=O)COc2ccc(Cl)cc2)nnc1SCc1ccc(F)cc1. The number of thioether (sulfide) groups is 1. The lowest BCUT2D eigenvalue weighted by Crippen LogP contribution is -2.29. The molecule has 4 aromatic rings. The van der Waals surface area contributed by atoms with Crippen molar-refractivity contribution in [2.24, 2.45) is 0 Å². The van der Waals surface area contributed by atoms with Gasteiger partial charge in [0.2, 0.25) is 0 Å². The highest BCUT2D eigenvalue weighted by atomic mass is 35.5. The van der Waals surface area contributed by atoms with Crippen LogP contribution in [-0.2, 0) is 17.1 Å². The molecule has 0 aliphatic carbocycles. The van der Waals surface area contributed by atoms with Gasteiger partial charge in [-0.15, -0.1) is 10.2 Å². The van der Waals surface area contributed by atoms with Gasteiger partial charge in [-0.3, -0.25) is 9.36 Å². The van der Waals surface area contributed by atoms with Gasteiger partial charge in [0.15, 0.2) is 17.6 Å². The maximum atomic E-state index is 13.2. The van der Waals surface area contributed by atoms with Crippen LogP contribution in [0.15, 0.2) is 71.9 Å². The van der Waals surface area contributed by atoms with Crippen LogP contribution < -0.4 is 10.1 Å². The van der Waals surface area contributed by atoms with Crippen LogP contribution >= 0.6 is 35.0 Å². The largest absolute Gasteiger partial charge is 0.484 e. The number of nitrogens with one attached hydrogen (secondary N) is 1. The Labute approximate surface area is 216 Å². The highest BCUT2D eigenvalue weighted by Gasteiger charge is 2.17. The fourth-order valence-electron chi connectivity index (χ4n) is 3.21. The molecule has 0 saturated carbocycles. The molecule has 10 heteroatoms. The van der Waals surface area contributed by atoms with E-state index < -0.39 is 0 Å². The molecule has 180 valence electrons. The van der Waals surface area contributed by atoms with Crippen LogP contribution in [-0.4, -0.2) is 27.3 Å². The Balaban J connectivity index is 1.49. The van der Waals surface area contributed by atoms with Gasteiger partial charge in [0.25, 0.3) is 5.91 Å². The second-order valence-electron chi connectivity index (χ2n) is 7.60. The molecule has 0 bridgehead atoms. The highest BCUT2D eigenvalue weighted by Crippen LogP contribution is 2.28. The average Bonchev–Trinajstić information content (AvgIpc) is 3.26. The van der Waals surface area contributed by atoms with Crippen molar-refractivity contribution in [1.29, 1.82) is 0 Å². The van der Waals surface area contributed by atoms with Crippen molar-refractivity contribution in [3.8, 4) is 11.4 Å². The van der Waals surface area contributed by atoms with E-state index in [0.717, 1.165) is 16.8 Å². The number of ether oxygens (including phenoxy) is 1. The number of amides is 1. The van der Waals surface area contributed by atoms with Gasteiger partial charge in [0.05, 0.1) is 12.2 Å². The van der Waals surface area contributed by atoms with Crippen LogP contribution in [0.5, 0.6) is 5.75 Å². The number of aryl methyl sites for hydroxylation is 1. The predicted octanol–water partition coefficient (Wildman–Crippen LogP) is 6.01. The summed E-state index contributed by atoms with van der Waals surface area (Å²) in [6, 6.07) is 18.6. The van der Waals surface area contributed by atoms with Crippen molar-refractivity contribution in [3.05, 3.63) is 99.5 Å². The average molecular weight is 531 g/mol. The number of benzene rings is 3. The number of rotatable bonds is 9. The zero-order chi connectivity index (χ0) is 24.8. The van der Waals surface area contributed by atoms with E-state index in [1.807, 2.05) is 29.7 Å². The van der Waals surface area contributed by atoms with Gasteiger partial charge >= 0.3 is 0 Å². The molecular weight excluding hydrogens is 510 g/mol. The summed E-state index contributed by atoms with van der Waals surface area (Å²) in [7, 11) is 0. The summed E-state index contributed by atoms with van der Waals surface area (Å²) in [6.07, 6.45) is 0. The van der Waals surface area contributed by atoms with Gasteiger partial charge in [-0.05, 0) is 66.6 Å². The third-order valence-electron chi connectivity index (χ3n) is 5.02. The summed E-state index contributed by atoms with van der Waals surface area (Å²) in [5.41, 5.74) is 2.73. The Morgan fingerprint density at radius 1 is 1.03 bits per heavy atom. The summed E-state index contributed by atoms with van der Waals surface area (Å²) in [4.78, 5) is 12.4. The van der Waals surface area contributed by atoms with E-state index in [1.54, 1.807) is 36.4 Å². The third kappa shape index (κ3) is 6.75. The molecule has 1 amide bonds. The zero-order valence-electron chi connectivity index (χ0n) is 18.7. The number of halogens is 3. The lowest BCUT2D eigenvalue weighted by atomic mass is 10.2. The van der Waals surface area contributed by atoms with E-state index in [-0.39, 0.29) is 24.9 Å². The molecule has 3 aromatic carbocycles. The maximum absolute atomic E-state index is 13.2. The monoisotopic (exact) mass is 530 g/mol. The maximum Gasteiger partial charge on any atom is 0.258 e. The molecule has 4 rings (SSSR count). The molecule has 1 N–H and O–H groups in total. The second-order valence-corrected chi connectivity index (χ2v) is 9.41. The van der Waals surface area contributed by atoms with E-state index in [1.165, 1.54) is 23.9 Å². The van der Waals surface area contributed by atoms with Crippen LogP contribution in [0.4, 0.5) is 4.39 Å². The number of carbonyl (C=O) groups excluding carboxylic acids is 1. The standard InChI is InChI=1S/C25H21Cl2FN4O2S/c1-16-2-5-19(27)12-22(16)32-23(13-29-24(33)14-34-21-10-6-18(26)7-11-21)30-31-25(32)35-15-17-3-8-20(28)9-4-17/h2-12H,13-15H2,1H3,(H,29,33). The Morgan fingerprint density at radius 2 is 1.74 bits per heavy atom. The van der Waals surface area contributed by atoms with Gasteiger partial charge < -0.3 is 10.1 Å². The van der Waals surface area contributed by atoms with Crippen LogP contribution in [0, 0.1) is 12.7 Å². The summed E-state index contributed by atoms with van der Waals surface area (Å²) in [6.45, 7) is 1.94. The Morgan fingerprint density at radius 3 is 2.49 bits per heavy atom. The van der Waals surface area contributed by atoms with E-state index in [4.69, 9.17) is 27.9 Å². The van der Waals surface area contributed by atoms with Crippen molar-refractivity contribution >= 4 is 40.9 Å². The lowest BCUT2D eigenvalue weighted by molar-refractivity contribution is -0.123. The zero-order valence-corrected chi connectivity index (χ0v) is 21.0. The van der Waals surface area contributed by atoms with E-state index >= 15 is 0 Å². The first-order chi connectivity index (χ1) is 16.9. The lowest BCUT2D eigenvalue weighted by Gasteiger charge is -2.14. The molecule has 1 heterocycles. The van der Waals surface area contributed by atoms with Crippen molar-refractivity contribution in [2.45, 2.75) is 24.4 Å². The first kappa shape index (κ1) is 25.0. The molecule has 0 fully saturated rings. The first-order valence-electron chi connectivity index (χ1n) is 10.6.